The summed E-state index contributed by atoms with van der Waals surface area (Å²) in [7, 11) is 1.88. The van der Waals surface area contributed by atoms with Crippen LogP contribution in [0.1, 0.15) is 44.3 Å². The van der Waals surface area contributed by atoms with Crippen molar-refractivity contribution < 1.29 is 4.79 Å². The number of carbonyl (C=O) groups is 1. The highest BCUT2D eigenvalue weighted by Gasteiger charge is 2.51. The number of hydrogen-bond donors (Lipinski definition) is 1. The van der Waals surface area contributed by atoms with Crippen molar-refractivity contribution in [1.29, 1.82) is 0 Å². The second-order valence-electron chi connectivity index (χ2n) is 7.67. The Morgan fingerprint density at radius 2 is 1.95 bits per heavy atom. The Kier molecular flexibility index (Phi) is 3.71. The predicted octanol–water partition coefficient (Wildman–Crippen LogP) is 3.07. The first-order chi connectivity index (χ1) is 10.6. The van der Waals surface area contributed by atoms with E-state index in [2.05, 4.69) is 9.97 Å². The van der Waals surface area contributed by atoms with Gasteiger partial charge in [-0.05, 0) is 56.3 Å². The highest BCUT2D eigenvalue weighted by Crippen LogP contribution is 2.60. The summed E-state index contributed by atoms with van der Waals surface area (Å²) in [5.41, 5.74) is 0. The van der Waals surface area contributed by atoms with Gasteiger partial charge in [-0.2, -0.15) is 0 Å². The van der Waals surface area contributed by atoms with Gasteiger partial charge in [-0.15, -0.1) is 11.8 Å². The quantitative estimate of drug-likeness (QED) is 0.907. The van der Waals surface area contributed by atoms with Crippen LogP contribution in [0.2, 0.25) is 0 Å². The molecular weight excluding hydrogens is 294 g/mol. The minimum atomic E-state index is 0.233. The highest BCUT2D eigenvalue weighted by molar-refractivity contribution is 8.01. The zero-order valence-corrected chi connectivity index (χ0v) is 14.1. The number of aromatic nitrogens is 2. The number of nitrogens with zero attached hydrogens (tertiary/aromatic N) is 2. The van der Waals surface area contributed by atoms with E-state index < -0.39 is 0 Å². The maximum Gasteiger partial charge on any atom is 0.232 e. The third-order valence-electron chi connectivity index (χ3n) is 5.85. The molecule has 0 saturated heterocycles. The molecule has 1 heterocycles. The van der Waals surface area contributed by atoms with E-state index in [9.17, 15) is 4.79 Å². The monoisotopic (exact) mass is 319 g/mol. The second-order valence-corrected chi connectivity index (χ2v) is 9.12. The molecule has 0 atom stereocenters. The van der Waals surface area contributed by atoms with Crippen LogP contribution in [0.5, 0.6) is 0 Å². The highest BCUT2D eigenvalue weighted by atomic mass is 32.2. The van der Waals surface area contributed by atoms with E-state index in [4.69, 9.17) is 0 Å². The summed E-state index contributed by atoms with van der Waals surface area (Å²) in [4.78, 5) is 21.5. The van der Waals surface area contributed by atoms with Crippen molar-refractivity contribution in [2.24, 2.45) is 17.8 Å². The molecule has 4 fully saturated rings. The molecule has 5 rings (SSSR count). The summed E-state index contributed by atoms with van der Waals surface area (Å²) in [6.45, 7) is 0.577. The molecule has 0 aromatic carbocycles. The van der Waals surface area contributed by atoms with Crippen molar-refractivity contribution in [3.05, 3.63) is 18.2 Å². The van der Waals surface area contributed by atoms with Crippen molar-refractivity contribution in [3.63, 3.8) is 0 Å². The molecule has 4 bridgehead atoms. The normalized spacial score (nSPS) is 35.8. The van der Waals surface area contributed by atoms with Gasteiger partial charge in [-0.25, -0.2) is 4.98 Å². The van der Waals surface area contributed by atoms with Crippen LogP contribution in [0, 0.1) is 17.8 Å². The molecule has 4 aliphatic rings. The van der Waals surface area contributed by atoms with Gasteiger partial charge in [0.1, 0.15) is 5.82 Å². The summed E-state index contributed by atoms with van der Waals surface area (Å²) in [6.07, 6.45) is 12.0. The average Bonchev–Trinajstić information content (AvgIpc) is 2.96. The summed E-state index contributed by atoms with van der Waals surface area (Å²) in [6, 6.07) is 0. The Labute approximate surface area is 136 Å². The van der Waals surface area contributed by atoms with Gasteiger partial charge in [0.15, 0.2) is 0 Å². The van der Waals surface area contributed by atoms with E-state index in [0.29, 0.717) is 17.0 Å². The average molecular weight is 319 g/mol. The molecule has 4 aliphatic carbocycles. The van der Waals surface area contributed by atoms with Crippen LogP contribution in [0.15, 0.2) is 12.4 Å². The molecule has 1 aromatic rings. The molecule has 1 amide bonds. The van der Waals surface area contributed by atoms with Gasteiger partial charge in [0.2, 0.25) is 5.91 Å². The summed E-state index contributed by atoms with van der Waals surface area (Å²) >= 11 is 1.96. The molecule has 5 heteroatoms. The van der Waals surface area contributed by atoms with Crippen molar-refractivity contribution in [2.45, 2.75) is 49.8 Å². The number of nitrogens with one attached hydrogen (secondary N) is 1. The van der Waals surface area contributed by atoms with E-state index in [0.717, 1.165) is 23.6 Å². The molecule has 1 N–H and O–H groups in total. The largest absolute Gasteiger partial charge is 0.347 e. The van der Waals surface area contributed by atoms with E-state index >= 15 is 0 Å². The van der Waals surface area contributed by atoms with Crippen molar-refractivity contribution >= 4 is 17.7 Å². The SMILES string of the molecule is CN(Cc1ncc[nH]1)C(=O)CSC12CC3CC(CC(C3)C1)C2. The molecular formula is C17H25N3OS. The van der Waals surface area contributed by atoms with Crippen molar-refractivity contribution in [1.82, 2.24) is 14.9 Å². The van der Waals surface area contributed by atoms with E-state index in [1.54, 1.807) is 17.3 Å². The van der Waals surface area contributed by atoms with Crippen molar-refractivity contribution in [2.75, 3.05) is 12.8 Å². The minimum Gasteiger partial charge on any atom is -0.347 e. The summed E-state index contributed by atoms with van der Waals surface area (Å²) in [5, 5.41) is 0. The lowest BCUT2D eigenvalue weighted by Gasteiger charge is -2.56. The number of carbonyl (C=O) groups excluding carboxylic acids is 1. The summed E-state index contributed by atoms with van der Waals surface area (Å²) in [5.74, 6) is 4.58. The number of hydrogen-bond acceptors (Lipinski definition) is 3. The fraction of sp³-hybridized carbons (Fsp3) is 0.765. The number of imidazole rings is 1. The minimum absolute atomic E-state index is 0.233. The lowest BCUT2D eigenvalue weighted by Crippen LogP contribution is -2.49. The maximum atomic E-state index is 12.4. The Morgan fingerprint density at radius 1 is 1.32 bits per heavy atom. The van der Waals surface area contributed by atoms with Gasteiger partial charge in [-0.1, -0.05) is 0 Å². The third kappa shape index (κ3) is 2.80. The number of thioether (sulfide) groups is 1. The molecule has 4 nitrogen and oxygen atoms in total. The lowest BCUT2D eigenvalue weighted by atomic mass is 9.56. The van der Waals surface area contributed by atoms with Gasteiger partial charge in [0.05, 0.1) is 12.3 Å². The van der Waals surface area contributed by atoms with Gasteiger partial charge in [0.25, 0.3) is 0 Å². The Morgan fingerprint density at radius 3 is 2.50 bits per heavy atom. The number of amides is 1. The van der Waals surface area contributed by atoms with E-state index in [1.165, 1.54) is 38.5 Å². The van der Waals surface area contributed by atoms with Gasteiger partial charge >= 0.3 is 0 Å². The van der Waals surface area contributed by atoms with Crippen LogP contribution in [0.4, 0.5) is 0 Å². The fourth-order valence-corrected chi connectivity index (χ4v) is 6.94. The molecule has 120 valence electrons. The Balaban J connectivity index is 1.33. The number of H-pyrrole nitrogens is 1. The molecule has 1 aromatic heterocycles. The first-order valence-corrected chi connectivity index (χ1v) is 9.47. The van der Waals surface area contributed by atoms with Crippen LogP contribution >= 0.6 is 11.8 Å². The maximum absolute atomic E-state index is 12.4. The van der Waals surface area contributed by atoms with Gasteiger partial charge in [-0.3, -0.25) is 4.79 Å². The molecule has 0 spiro atoms. The van der Waals surface area contributed by atoms with Gasteiger partial charge in [0, 0.05) is 24.2 Å². The second kappa shape index (κ2) is 5.59. The molecule has 22 heavy (non-hydrogen) atoms. The zero-order chi connectivity index (χ0) is 15.2. The topological polar surface area (TPSA) is 49.0 Å². The molecule has 0 aliphatic heterocycles. The first-order valence-electron chi connectivity index (χ1n) is 8.48. The first kappa shape index (κ1) is 14.6. The van der Waals surface area contributed by atoms with Crippen LogP contribution < -0.4 is 0 Å². The fourth-order valence-electron chi connectivity index (χ4n) is 5.23. The Hall–Kier alpha value is -0.970. The van der Waals surface area contributed by atoms with Crippen molar-refractivity contribution in [3.8, 4) is 0 Å². The molecule has 0 radical (unpaired) electrons. The third-order valence-corrected chi connectivity index (χ3v) is 7.36. The van der Waals surface area contributed by atoms with Gasteiger partial charge < -0.3 is 9.88 Å². The lowest BCUT2D eigenvalue weighted by molar-refractivity contribution is -0.127. The van der Waals surface area contributed by atoms with Crippen LogP contribution in [-0.2, 0) is 11.3 Å². The van der Waals surface area contributed by atoms with Crippen LogP contribution in [0.3, 0.4) is 0 Å². The standard InChI is InChI=1S/C17H25N3OS/c1-20(10-15-18-2-3-19-15)16(21)11-22-17-7-12-4-13(8-17)6-14(5-12)9-17/h2-3,12-14H,4-11H2,1H3,(H,18,19). The van der Waals surface area contributed by atoms with Crippen LogP contribution in [-0.4, -0.2) is 38.3 Å². The van der Waals surface area contributed by atoms with Crippen LogP contribution in [0.25, 0.3) is 0 Å². The number of aromatic amines is 1. The smallest absolute Gasteiger partial charge is 0.232 e. The predicted molar refractivity (Wildman–Crippen MR) is 88.4 cm³/mol. The van der Waals surface area contributed by atoms with E-state index in [1.807, 2.05) is 18.8 Å². The Bertz CT molecular complexity index is 507. The summed E-state index contributed by atoms with van der Waals surface area (Å²) < 4.78 is 0.427. The van der Waals surface area contributed by atoms with E-state index in [-0.39, 0.29) is 5.91 Å². The number of rotatable bonds is 5. The molecule has 0 unspecified atom stereocenters. The molecule has 4 saturated carbocycles. The zero-order valence-electron chi connectivity index (χ0n) is 13.3.